The Bertz CT molecular complexity index is 2430. The lowest BCUT2D eigenvalue weighted by atomic mass is 10.1. The second-order valence-corrected chi connectivity index (χ2v) is 10.9. The van der Waals surface area contributed by atoms with Crippen molar-refractivity contribution in [2.75, 3.05) is 0 Å². The van der Waals surface area contributed by atoms with Crippen molar-refractivity contribution in [3.8, 4) is 28.5 Å². The topological polar surface area (TPSA) is 27.7 Å². The van der Waals surface area contributed by atoms with Crippen molar-refractivity contribution < 1.29 is 0 Å². The molecule has 4 heteroatoms. The van der Waals surface area contributed by atoms with E-state index in [4.69, 9.17) is 4.98 Å². The van der Waals surface area contributed by atoms with Gasteiger partial charge in [0.2, 0.25) is 0 Å². The van der Waals surface area contributed by atoms with Crippen LogP contribution in [0.15, 0.2) is 158 Å². The number of hydrogen-bond acceptors (Lipinski definition) is 1. The molecule has 0 fully saturated rings. The first-order valence-electron chi connectivity index (χ1n) is 14.6. The van der Waals surface area contributed by atoms with Crippen LogP contribution in [-0.4, -0.2) is 18.7 Å². The van der Waals surface area contributed by atoms with Gasteiger partial charge < -0.3 is 9.13 Å². The number of imidazole rings is 1. The molecule has 0 atom stereocenters. The van der Waals surface area contributed by atoms with E-state index in [9.17, 15) is 0 Å². The Kier molecular flexibility index (Phi) is 5.16. The summed E-state index contributed by atoms with van der Waals surface area (Å²) in [4.78, 5) is 5.05. The number of hydrogen-bond donors (Lipinski definition) is 0. The summed E-state index contributed by atoms with van der Waals surface area (Å²) >= 11 is 0. The zero-order valence-corrected chi connectivity index (χ0v) is 23.3. The predicted octanol–water partition coefficient (Wildman–Crippen LogP) is 9.73. The fourth-order valence-corrected chi connectivity index (χ4v) is 6.51. The minimum absolute atomic E-state index is 0.937. The number of nitrogens with zero attached hydrogens (tertiary/aromatic N) is 4. The van der Waals surface area contributed by atoms with Gasteiger partial charge in [-0.05, 0) is 84.9 Å². The van der Waals surface area contributed by atoms with Crippen LogP contribution < -0.4 is 0 Å². The second-order valence-electron chi connectivity index (χ2n) is 10.9. The third kappa shape index (κ3) is 3.67. The number of para-hydroxylation sites is 5. The summed E-state index contributed by atoms with van der Waals surface area (Å²) in [6.07, 6.45) is 2.17. The van der Waals surface area contributed by atoms with Crippen LogP contribution in [0.3, 0.4) is 0 Å². The van der Waals surface area contributed by atoms with E-state index in [0.29, 0.717) is 0 Å². The molecule has 0 spiro atoms. The van der Waals surface area contributed by atoms with E-state index >= 15 is 0 Å². The fourth-order valence-electron chi connectivity index (χ4n) is 6.51. The van der Waals surface area contributed by atoms with Crippen LogP contribution in [-0.2, 0) is 0 Å². The standard InChI is InChI=1S/C39H26N4/c1-3-11-30(12-4-1)42-35-17-9-7-15-32(35)33-26-37-28(25-38(33)42)23-24-41(37)29-21-19-27(20-22-29)39-40-34-16-8-10-18-36(34)43(39)31-13-5-2-6-14-31/h1-26H. The van der Waals surface area contributed by atoms with Crippen molar-refractivity contribution in [1.29, 1.82) is 0 Å². The third-order valence-electron chi connectivity index (χ3n) is 8.48. The molecule has 43 heavy (non-hydrogen) atoms. The maximum atomic E-state index is 5.05. The van der Waals surface area contributed by atoms with Gasteiger partial charge in [0.15, 0.2) is 0 Å². The van der Waals surface area contributed by atoms with Crippen LogP contribution in [0.5, 0.6) is 0 Å². The molecule has 0 aliphatic heterocycles. The van der Waals surface area contributed by atoms with Gasteiger partial charge in [-0.3, -0.25) is 4.57 Å². The molecule has 0 N–H and O–H groups in total. The maximum Gasteiger partial charge on any atom is 0.145 e. The van der Waals surface area contributed by atoms with Crippen LogP contribution in [0.2, 0.25) is 0 Å². The van der Waals surface area contributed by atoms with E-state index in [2.05, 4.69) is 159 Å². The molecule has 6 aromatic carbocycles. The van der Waals surface area contributed by atoms with Gasteiger partial charge in [0, 0.05) is 45.0 Å². The summed E-state index contributed by atoms with van der Waals surface area (Å²) in [5, 5.41) is 3.72. The highest BCUT2D eigenvalue weighted by Crippen LogP contribution is 2.36. The average Bonchev–Trinajstić information content (AvgIpc) is 3.76. The number of benzene rings is 6. The molecule has 0 aliphatic carbocycles. The minimum atomic E-state index is 0.937. The molecule has 0 saturated heterocycles. The lowest BCUT2D eigenvalue weighted by molar-refractivity contribution is 1.10. The van der Waals surface area contributed by atoms with Crippen LogP contribution in [0.4, 0.5) is 0 Å². The monoisotopic (exact) mass is 550 g/mol. The quantitative estimate of drug-likeness (QED) is 0.214. The third-order valence-corrected chi connectivity index (χ3v) is 8.48. The van der Waals surface area contributed by atoms with Gasteiger partial charge in [0.25, 0.3) is 0 Å². The number of fused-ring (bicyclic) bond motifs is 5. The SMILES string of the molecule is c1ccc(-n2c(-c3ccc(-n4ccc5cc6c(cc54)c4ccccc4n6-c4ccccc4)cc3)nc3ccccc32)cc1. The highest BCUT2D eigenvalue weighted by molar-refractivity contribution is 6.13. The first kappa shape index (κ1) is 23.8. The van der Waals surface area contributed by atoms with Crippen LogP contribution in [0.25, 0.3) is 72.2 Å². The highest BCUT2D eigenvalue weighted by atomic mass is 15.1. The molecular weight excluding hydrogens is 524 g/mol. The number of aromatic nitrogens is 4. The molecule has 0 aliphatic rings. The molecule has 3 heterocycles. The predicted molar refractivity (Wildman–Crippen MR) is 178 cm³/mol. The molecule has 0 amide bonds. The van der Waals surface area contributed by atoms with Gasteiger partial charge in [-0.25, -0.2) is 4.98 Å². The summed E-state index contributed by atoms with van der Waals surface area (Å²) in [7, 11) is 0. The van der Waals surface area contributed by atoms with E-state index < -0.39 is 0 Å². The van der Waals surface area contributed by atoms with Crippen LogP contribution >= 0.6 is 0 Å². The molecular formula is C39H26N4. The Morgan fingerprint density at radius 3 is 1.84 bits per heavy atom. The van der Waals surface area contributed by atoms with Crippen LogP contribution in [0.1, 0.15) is 0 Å². The molecule has 0 saturated carbocycles. The average molecular weight is 551 g/mol. The number of rotatable bonds is 4. The molecule has 4 nitrogen and oxygen atoms in total. The van der Waals surface area contributed by atoms with Gasteiger partial charge >= 0.3 is 0 Å². The summed E-state index contributed by atoms with van der Waals surface area (Å²) in [5.74, 6) is 0.937. The zero-order chi connectivity index (χ0) is 28.3. The lowest BCUT2D eigenvalue weighted by Crippen LogP contribution is -1.98. The largest absolute Gasteiger partial charge is 0.317 e. The van der Waals surface area contributed by atoms with Crippen molar-refractivity contribution in [2.24, 2.45) is 0 Å². The van der Waals surface area contributed by atoms with Crippen molar-refractivity contribution in [3.05, 3.63) is 158 Å². The summed E-state index contributed by atoms with van der Waals surface area (Å²) in [5.41, 5.74) is 10.2. The van der Waals surface area contributed by atoms with Crippen molar-refractivity contribution in [2.45, 2.75) is 0 Å². The molecule has 9 rings (SSSR count). The van der Waals surface area contributed by atoms with Gasteiger partial charge in [-0.15, -0.1) is 0 Å². The van der Waals surface area contributed by atoms with E-state index in [-0.39, 0.29) is 0 Å². The lowest BCUT2D eigenvalue weighted by Gasteiger charge is -2.11. The van der Waals surface area contributed by atoms with E-state index in [1.807, 2.05) is 12.1 Å². The Balaban J connectivity index is 1.19. The Morgan fingerprint density at radius 2 is 1.07 bits per heavy atom. The first-order chi connectivity index (χ1) is 21.3. The maximum absolute atomic E-state index is 5.05. The van der Waals surface area contributed by atoms with Crippen molar-refractivity contribution in [1.82, 2.24) is 18.7 Å². The van der Waals surface area contributed by atoms with Gasteiger partial charge in [0.1, 0.15) is 5.82 Å². The molecule has 0 bridgehead atoms. The Morgan fingerprint density at radius 1 is 0.419 bits per heavy atom. The smallest absolute Gasteiger partial charge is 0.145 e. The Labute approximate surface area is 248 Å². The van der Waals surface area contributed by atoms with Gasteiger partial charge in [0.05, 0.1) is 27.6 Å². The van der Waals surface area contributed by atoms with Gasteiger partial charge in [-0.2, -0.15) is 0 Å². The van der Waals surface area contributed by atoms with Crippen LogP contribution in [0, 0.1) is 0 Å². The van der Waals surface area contributed by atoms with Crippen molar-refractivity contribution in [3.63, 3.8) is 0 Å². The van der Waals surface area contributed by atoms with Gasteiger partial charge in [-0.1, -0.05) is 66.7 Å². The molecule has 202 valence electrons. The first-order valence-corrected chi connectivity index (χ1v) is 14.6. The van der Waals surface area contributed by atoms with E-state index in [1.54, 1.807) is 0 Å². The van der Waals surface area contributed by atoms with E-state index in [0.717, 1.165) is 33.8 Å². The molecule has 9 aromatic rings. The summed E-state index contributed by atoms with van der Waals surface area (Å²) in [6, 6.07) is 53.7. The minimum Gasteiger partial charge on any atom is -0.317 e. The molecule has 0 unspecified atom stereocenters. The molecule has 0 radical (unpaired) electrons. The fraction of sp³-hybridized carbons (Fsp3) is 0. The highest BCUT2D eigenvalue weighted by Gasteiger charge is 2.16. The van der Waals surface area contributed by atoms with E-state index in [1.165, 1.54) is 38.4 Å². The summed E-state index contributed by atoms with van der Waals surface area (Å²) < 4.78 is 6.90. The van der Waals surface area contributed by atoms with Crippen molar-refractivity contribution >= 4 is 43.7 Å². The molecule has 3 aromatic heterocycles. The normalized spacial score (nSPS) is 11.7. The second kappa shape index (κ2) is 9.33. The Hall–Kier alpha value is -5.87. The zero-order valence-electron chi connectivity index (χ0n) is 23.3. The summed E-state index contributed by atoms with van der Waals surface area (Å²) in [6.45, 7) is 0.